The zero-order chi connectivity index (χ0) is 16.3. The maximum absolute atomic E-state index is 12.8. The van der Waals surface area contributed by atoms with E-state index in [4.69, 9.17) is 0 Å². The predicted molar refractivity (Wildman–Crippen MR) is 79.9 cm³/mol. The molecular formula is C15H24F2N4O. The van der Waals surface area contributed by atoms with Crippen molar-refractivity contribution in [2.75, 3.05) is 19.6 Å². The van der Waals surface area contributed by atoms with Gasteiger partial charge in [0.15, 0.2) is 0 Å². The topological polar surface area (TPSA) is 50.2 Å². The van der Waals surface area contributed by atoms with Gasteiger partial charge in [0.25, 0.3) is 0 Å². The Morgan fingerprint density at radius 1 is 1.45 bits per heavy atom. The quantitative estimate of drug-likeness (QED) is 0.874. The predicted octanol–water partition coefficient (Wildman–Crippen LogP) is 2.04. The molecule has 1 aromatic rings. The molecule has 0 bridgehead atoms. The van der Waals surface area contributed by atoms with E-state index in [1.165, 1.54) is 12.8 Å². The number of hydrogen-bond acceptors (Lipinski definition) is 3. The van der Waals surface area contributed by atoms with Gasteiger partial charge in [0.1, 0.15) is 0 Å². The Kier molecular flexibility index (Phi) is 5.50. The molecule has 0 aliphatic carbocycles. The van der Waals surface area contributed by atoms with Crippen LogP contribution in [0.4, 0.5) is 8.78 Å². The second kappa shape index (κ2) is 7.17. The van der Waals surface area contributed by atoms with Crippen LogP contribution in [-0.4, -0.2) is 46.3 Å². The number of amides is 1. The van der Waals surface area contributed by atoms with Gasteiger partial charge >= 0.3 is 6.55 Å². The zero-order valence-corrected chi connectivity index (χ0v) is 13.4. The lowest BCUT2D eigenvalue weighted by atomic mass is 10.1. The number of carbonyl (C=O) groups is 1. The molecule has 0 radical (unpaired) electrons. The fraction of sp³-hybridized carbons (Fsp3) is 0.733. The molecule has 1 aliphatic heterocycles. The molecule has 0 saturated carbocycles. The Morgan fingerprint density at radius 3 is 2.73 bits per heavy atom. The number of nitrogens with zero attached hydrogens (tertiary/aromatic N) is 3. The Balaban J connectivity index is 1.84. The average Bonchev–Trinajstić information content (AvgIpc) is 2.97. The van der Waals surface area contributed by atoms with Gasteiger partial charge in [-0.15, -0.1) is 0 Å². The second-order valence-electron chi connectivity index (χ2n) is 5.93. The van der Waals surface area contributed by atoms with Crippen LogP contribution in [-0.2, 0) is 11.2 Å². The van der Waals surface area contributed by atoms with E-state index in [1.807, 2.05) is 0 Å². The molecule has 5 nitrogen and oxygen atoms in total. The van der Waals surface area contributed by atoms with Crippen LogP contribution < -0.4 is 5.32 Å². The summed E-state index contributed by atoms with van der Waals surface area (Å²) in [6.45, 7) is 5.25. The van der Waals surface area contributed by atoms with Gasteiger partial charge in [-0.3, -0.25) is 9.69 Å². The molecule has 1 unspecified atom stereocenters. The van der Waals surface area contributed by atoms with Crippen LogP contribution in [0, 0.1) is 13.8 Å². The first-order valence-corrected chi connectivity index (χ1v) is 7.73. The number of nitrogens with one attached hydrogen (secondary N) is 1. The van der Waals surface area contributed by atoms with Crippen LogP contribution in [0.2, 0.25) is 0 Å². The smallest absolute Gasteiger partial charge is 0.333 e. The van der Waals surface area contributed by atoms with Crippen LogP contribution in [0.25, 0.3) is 0 Å². The molecule has 1 N–H and O–H groups in total. The SMILES string of the molecule is Cc1nn(C(F)F)c(C)c1CC(=O)NCCN1CCCC1C. The molecule has 1 amide bonds. The number of carbonyl (C=O) groups excluding carboxylic acids is 1. The Bertz CT molecular complexity index is 530. The van der Waals surface area contributed by atoms with E-state index in [1.54, 1.807) is 13.8 Å². The fourth-order valence-electron chi connectivity index (χ4n) is 3.03. The summed E-state index contributed by atoms with van der Waals surface area (Å²) in [4.78, 5) is 14.3. The van der Waals surface area contributed by atoms with E-state index < -0.39 is 6.55 Å². The maximum Gasteiger partial charge on any atom is 0.333 e. The molecule has 2 heterocycles. The van der Waals surface area contributed by atoms with Gasteiger partial charge in [-0.2, -0.15) is 13.9 Å². The average molecular weight is 314 g/mol. The summed E-state index contributed by atoms with van der Waals surface area (Å²) in [5.74, 6) is -0.146. The first-order valence-electron chi connectivity index (χ1n) is 7.73. The van der Waals surface area contributed by atoms with E-state index in [9.17, 15) is 13.6 Å². The van der Waals surface area contributed by atoms with Crippen LogP contribution in [0.15, 0.2) is 0 Å². The first kappa shape index (κ1) is 16.9. The van der Waals surface area contributed by atoms with Crippen molar-refractivity contribution in [3.63, 3.8) is 0 Å². The number of alkyl halides is 2. The minimum Gasteiger partial charge on any atom is -0.355 e. The van der Waals surface area contributed by atoms with Gasteiger partial charge in [0.05, 0.1) is 12.1 Å². The molecule has 124 valence electrons. The van der Waals surface area contributed by atoms with E-state index in [0.717, 1.165) is 13.1 Å². The zero-order valence-electron chi connectivity index (χ0n) is 13.4. The maximum atomic E-state index is 12.8. The third-order valence-corrected chi connectivity index (χ3v) is 4.41. The third kappa shape index (κ3) is 3.82. The van der Waals surface area contributed by atoms with Crippen molar-refractivity contribution in [3.8, 4) is 0 Å². The van der Waals surface area contributed by atoms with Gasteiger partial charge in [-0.25, -0.2) is 4.68 Å². The van der Waals surface area contributed by atoms with E-state index in [0.29, 0.717) is 34.2 Å². The molecule has 7 heteroatoms. The van der Waals surface area contributed by atoms with E-state index in [-0.39, 0.29) is 12.3 Å². The largest absolute Gasteiger partial charge is 0.355 e. The van der Waals surface area contributed by atoms with Crippen LogP contribution in [0.5, 0.6) is 0 Å². The van der Waals surface area contributed by atoms with Crippen molar-refractivity contribution in [2.24, 2.45) is 0 Å². The molecule has 1 atom stereocenters. The number of aromatic nitrogens is 2. The summed E-state index contributed by atoms with van der Waals surface area (Å²) in [6.07, 6.45) is 2.51. The van der Waals surface area contributed by atoms with Crippen LogP contribution in [0.3, 0.4) is 0 Å². The van der Waals surface area contributed by atoms with Crippen molar-refractivity contribution in [1.82, 2.24) is 20.0 Å². The number of likely N-dealkylation sites (tertiary alicyclic amines) is 1. The molecule has 1 saturated heterocycles. The number of halogens is 2. The van der Waals surface area contributed by atoms with Gasteiger partial charge in [0, 0.05) is 30.4 Å². The van der Waals surface area contributed by atoms with E-state index >= 15 is 0 Å². The molecule has 0 aromatic carbocycles. The van der Waals surface area contributed by atoms with Gasteiger partial charge in [0.2, 0.25) is 5.91 Å². The molecule has 22 heavy (non-hydrogen) atoms. The standard InChI is InChI=1S/C15H24F2N4O/c1-10-5-4-7-20(10)8-6-18-14(22)9-13-11(2)19-21(12(13)3)15(16)17/h10,15H,4-9H2,1-3H3,(H,18,22). The van der Waals surface area contributed by atoms with Gasteiger partial charge in [-0.1, -0.05) is 0 Å². The van der Waals surface area contributed by atoms with Crippen molar-refractivity contribution in [3.05, 3.63) is 17.0 Å². The second-order valence-corrected chi connectivity index (χ2v) is 5.93. The van der Waals surface area contributed by atoms with Gasteiger partial charge < -0.3 is 5.32 Å². The van der Waals surface area contributed by atoms with Crippen molar-refractivity contribution in [1.29, 1.82) is 0 Å². The molecule has 1 fully saturated rings. The highest BCUT2D eigenvalue weighted by Gasteiger charge is 2.21. The first-order chi connectivity index (χ1) is 10.4. The summed E-state index contributed by atoms with van der Waals surface area (Å²) in [6, 6.07) is 0.575. The highest BCUT2D eigenvalue weighted by Crippen LogP contribution is 2.19. The Morgan fingerprint density at radius 2 is 2.18 bits per heavy atom. The summed E-state index contributed by atoms with van der Waals surface area (Å²) in [5, 5.41) is 6.66. The van der Waals surface area contributed by atoms with Crippen molar-refractivity contribution >= 4 is 5.91 Å². The van der Waals surface area contributed by atoms with Crippen molar-refractivity contribution < 1.29 is 13.6 Å². The monoisotopic (exact) mass is 314 g/mol. The summed E-state index contributed by atoms with van der Waals surface area (Å²) >= 11 is 0. The number of aryl methyl sites for hydroxylation is 1. The highest BCUT2D eigenvalue weighted by molar-refractivity contribution is 5.79. The molecule has 0 spiro atoms. The lowest BCUT2D eigenvalue weighted by Crippen LogP contribution is -2.37. The number of rotatable bonds is 6. The summed E-state index contributed by atoms with van der Waals surface area (Å²) in [7, 11) is 0. The summed E-state index contributed by atoms with van der Waals surface area (Å²) in [5.41, 5.74) is 1.43. The molecule has 2 rings (SSSR count). The fourth-order valence-corrected chi connectivity index (χ4v) is 3.03. The normalized spacial score (nSPS) is 19.1. The van der Waals surface area contributed by atoms with Gasteiger partial charge in [-0.05, 0) is 40.2 Å². The molecule has 1 aromatic heterocycles. The van der Waals surface area contributed by atoms with Crippen molar-refractivity contribution in [2.45, 2.75) is 52.6 Å². The minimum atomic E-state index is -2.67. The van der Waals surface area contributed by atoms with E-state index in [2.05, 4.69) is 22.2 Å². The molecular weight excluding hydrogens is 290 g/mol. The molecule has 1 aliphatic rings. The Hall–Kier alpha value is -1.50. The minimum absolute atomic E-state index is 0.0972. The number of hydrogen-bond donors (Lipinski definition) is 1. The lowest BCUT2D eigenvalue weighted by Gasteiger charge is -2.20. The lowest BCUT2D eigenvalue weighted by molar-refractivity contribution is -0.120. The Labute approximate surface area is 129 Å². The highest BCUT2D eigenvalue weighted by atomic mass is 19.3. The third-order valence-electron chi connectivity index (χ3n) is 4.41. The summed E-state index contributed by atoms with van der Waals surface area (Å²) < 4.78 is 26.2. The van der Waals surface area contributed by atoms with Crippen LogP contribution >= 0.6 is 0 Å². The van der Waals surface area contributed by atoms with Crippen LogP contribution in [0.1, 0.15) is 43.3 Å².